The third-order valence-corrected chi connectivity index (χ3v) is 4.19. The first-order chi connectivity index (χ1) is 8.92. The molecule has 18 heavy (non-hydrogen) atoms. The maximum absolute atomic E-state index is 4.79. The fraction of sp³-hybridized carbons (Fsp3) is 0.188. The number of pyridine rings is 1. The van der Waals surface area contributed by atoms with E-state index in [-0.39, 0.29) is 0 Å². The first kappa shape index (κ1) is 11.5. The molecule has 1 aromatic heterocycles. The van der Waals surface area contributed by atoms with E-state index in [1.807, 2.05) is 17.8 Å². The molecule has 0 N–H and O–H groups in total. The van der Waals surface area contributed by atoms with Crippen LogP contribution in [0.1, 0.15) is 28.6 Å². The fourth-order valence-electron chi connectivity index (χ4n) is 2.16. The molecule has 2 heteroatoms. The molecule has 0 amide bonds. The first-order valence-corrected chi connectivity index (χ1v) is 7.16. The molecule has 90 valence electrons. The minimum atomic E-state index is 0.515. The van der Waals surface area contributed by atoms with Gasteiger partial charge in [-0.2, -0.15) is 0 Å². The van der Waals surface area contributed by atoms with Crippen LogP contribution in [0.5, 0.6) is 0 Å². The molecule has 0 fully saturated rings. The van der Waals surface area contributed by atoms with Crippen LogP contribution in [0, 0.1) is 0 Å². The van der Waals surface area contributed by atoms with E-state index in [1.165, 1.54) is 11.3 Å². The zero-order chi connectivity index (χ0) is 12.2. The largest absolute Gasteiger partial charge is 0.256 e. The summed E-state index contributed by atoms with van der Waals surface area (Å²) in [5, 5.41) is 2.69. The summed E-state index contributed by atoms with van der Waals surface area (Å²) in [5.41, 5.74) is 3.68. The third kappa shape index (κ3) is 2.65. The van der Waals surface area contributed by atoms with Crippen molar-refractivity contribution in [1.82, 2.24) is 4.98 Å². The Morgan fingerprint density at radius 3 is 2.72 bits per heavy atom. The number of thioether (sulfide) groups is 1. The molecule has 0 bridgehead atoms. The van der Waals surface area contributed by atoms with Gasteiger partial charge >= 0.3 is 0 Å². The van der Waals surface area contributed by atoms with E-state index in [9.17, 15) is 0 Å². The van der Waals surface area contributed by atoms with E-state index < -0.39 is 0 Å². The second-order valence-corrected chi connectivity index (χ2v) is 5.56. The molecule has 0 aliphatic carbocycles. The van der Waals surface area contributed by atoms with Crippen molar-refractivity contribution in [1.29, 1.82) is 0 Å². The summed E-state index contributed by atoms with van der Waals surface area (Å²) in [6.45, 7) is 0. The molecule has 1 aliphatic rings. The Balaban J connectivity index is 1.79. The quantitative estimate of drug-likeness (QED) is 0.806. The number of hydrogen-bond donors (Lipinski definition) is 0. The molecule has 0 saturated heterocycles. The Kier molecular flexibility index (Phi) is 3.47. The first-order valence-electron chi connectivity index (χ1n) is 6.22. The van der Waals surface area contributed by atoms with E-state index in [2.05, 4.69) is 53.9 Å². The average molecular weight is 253 g/mol. The Morgan fingerprint density at radius 1 is 1.06 bits per heavy atom. The van der Waals surface area contributed by atoms with Crippen molar-refractivity contribution in [2.24, 2.45) is 0 Å². The smallest absolute Gasteiger partial charge is 0.0546 e. The predicted molar refractivity (Wildman–Crippen MR) is 77.6 cm³/mol. The number of nitrogens with zero attached hydrogens (tertiary/aromatic N) is 1. The molecule has 2 aromatic rings. The van der Waals surface area contributed by atoms with Crippen molar-refractivity contribution in [3.05, 3.63) is 77.0 Å². The Bertz CT molecular complexity index is 540. The minimum Gasteiger partial charge on any atom is -0.256 e. The fourth-order valence-corrected chi connectivity index (χ4v) is 3.06. The Hall–Kier alpha value is -1.54. The second-order valence-electron chi connectivity index (χ2n) is 4.45. The summed E-state index contributed by atoms with van der Waals surface area (Å²) < 4.78 is 0. The van der Waals surface area contributed by atoms with Crippen LogP contribution < -0.4 is 0 Å². The lowest BCUT2D eigenvalue weighted by Crippen LogP contribution is -1.98. The van der Waals surface area contributed by atoms with Crippen LogP contribution >= 0.6 is 11.8 Å². The molecule has 1 aromatic carbocycles. The SMILES string of the molecule is C1=CSC(c2cccc(Cc3ccccc3)n2)C1. The summed E-state index contributed by atoms with van der Waals surface area (Å²) in [4.78, 5) is 4.79. The van der Waals surface area contributed by atoms with Crippen LogP contribution in [-0.2, 0) is 6.42 Å². The zero-order valence-electron chi connectivity index (χ0n) is 10.1. The second kappa shape index (κ2) is 5.40. The maximum atomic E-state index is 4.79. The van der Waals surface area contributed by atoms with Crippen molar-refractivity contribution in [2.45, 2.75) is 18.1 Å². The van der Waals surface area contributed by atoms with Gasteiger partial charge < -0.3 is 0 Å². The summed E-state index contributed by atoms with van der Waals surface area (Å²) >= 11 is 1.87. The monoisotopic (exact) mass is 253 g/mol. The molecule has 2 heterocycles. The van der Waals surface area contributed by atoms with Crippen LogP contribution in [-0.4, -0.2) is 4.98 Å². The van der Waals surface area contributed by atoms with Crippen molar-refractivity contribution in [2.75, 3.05) is 0 Å². The van der Waals surface area contributed by atoms with Gasteiger partial charge in [-0.25, -0.2) is 0 Å². The van der Waals surface area contributed by atoms with E-state index in [4.69, 9.17) is 4.98 Å². The Labute approximate surface area is 112 Å². The van der Waals surface area contributed by atoms with Crippen LogP contribution in [0.3, 0.4) is 0 Å². The van der Waals surface area contributed by atoms with Gasteiger partial charge in [-0.15, -0.1) is 11.8 Å². The predicted octanol–water partition coefficient (Wildman–Crippen LogP) is 4.36. The molecule has 1 nitrogen and oxygen atoms in total. The molecule has 1 aliphatic heterocycles. The molecule has 0 spiro atoms. The number of hydrogen-bond acceptors (Lipinski definition) is 2. The highest BCUT2D eigenvalue weighted by Gasteiger charge is 2.15. The standard InChI is InChI=1S/C16H15NS/c1-2-6-13(7-3-1)12-14-8-4-9-15(17-14)16-10-5-11-18-16/h1-9,11,16H,10,12H2. The lowest BCUT2D eigenvalue weighted by Gasteiger charge is -2.09. The molecule has 0 saturated carbocycles. The van der Waals surface area contributed by atoms with Gasteiger partial charge in [0.1, 0.15) is 0 Å². The van der Waals surface area contributed by atoms with Crippen molar-refractivity contribution in [3.63, 3.8) is 0 Å². The van der Waals surface area contributed by atoms with Crippen molar-refractivity contribution < 1.29 is 0 Å². The highest BCUT2D eigenvalue weighted by molar-refractivity contribution is 8.02. The number of allylic oxidation sites excluding steroid dienone is 1. The summed E-state index contributed by atoms with van der Waals surface area (Å²) in [6, 6.07) is 16.9. The molecule has 0 radical (unpaired) electrons. The van der Waals surface area contributed by atoms with E-state index in [0.717, 1.165) is 18.5 Å². The lowest BCUT2D eigenvalue weighted by atomic mass is 10.1. The molecule has 3 rings (SSSR count). The van der Waals surface area contributed by atoms with Gasteiger partial charge in [0, 0.05) is 12.1 Å². The molecular weight excluding hydrogens is 238 g/mol. The van der Waals surface area contributed by atoms with Gasteiger partial charge in [0.05, 0.1) is 10.9 Å². The third-order valence-electron chi connectivity index (χ3n) is 3.08. The zero-order valence-corrected chi connectivity index (χ0v) is 10.9. The highest BCUT2D eigenvalue weighted by Crippen LogP contribution is 2.37. The summed E-state index contributed by atoms with van der Waals surface area (Å²) in [6.07, 6.45) is 4.24. The highest BCUT2D eigenvalue weighted by atomic mass is 32.2. The van der Waals surface area contributed by atoms with Crippen LogP contribution in [0.2, 0.25) is 0 Å². The van der Waals surface area contributed by atoms with Crippen molar-refractivity contribution in [3.8, 4) is 0 Å². The lowest BCUT2D eigenvalue weighted by molar-refractivity contribution is 0.905. The van der Waals surface area contributed by atoms with E-state index >= 15 is 0 Å². The average Bonchev–Trinajstić information content (AvgIpc) is 2.94. The van der Waals surface area contributed by atoms with E-state index in [0.29, 0.717) is 5.25 Å². The van der Waals surface area contributed by atoms with Gasteiger partial charge in [-0.1, -0.05) is 42.5 Å². The number of benzene rings is 1. The number of rotatable bonds is 3. The van der Waals surface area contributed by atoms with Crippen LogP contribution in [0.4, 0.5) is 0 Å². The minimum absolute atomic E-state index is 0.515. The normalized spacial score (nSPS) is 18.1. The van der Waals surface area contributed by atoms with E-state index in [1.54, 1.807) is 0 Å². The van der Waals surface area contributed by atoms with Gasteiger partial charge in [0.25, 0.3) is 0 Å². The summed E-state index contributed by atoms with van der Waals surface area (Å²) in [5.74, 6) is 0. The topological polar surface area (TPSA) is 12.9 Å². The van der Waals surface area contributed by atoms with Crippen molar-refractivity contribution >= 4 is 11.8 Å². The molecule has 1 unspecified atom stereocenters. The van der Waals surface area contributed by atoms with Gasteiger partial charge in [-0.3, -0.25) is 4.98 Å². The van der Waals surface area contributed by atoms with Gasteiger partial charge in [0.15, 0.2) is 0 Å². The van der Waals surface area contributed by atoms with Gasteiger partial charge in [0.2, 0.25) is 0 Å². The summed E-state index contributed by atoms with van der Waals surface area (Å²) in [7, 11) is 0. The van der Waals surface area contributed by atoms with Crippen LogP contribution in [0.15, 0.2) is 60.0 Å². The Morgan fingerprint density at radius 2 is 1.94 bits per heavy atom. The molecule has 1 atom stereocenters. The maximum Gasteiger partial charge on any atom is 0.0546 e. The van der Waals surface area contributed by atoms with Gasteiger partial charge in [-0.05, 0) is 29.5 Å². The number of aromatic nitrogens is 1. The molecular formula is C16H15NS. The van der Waals surface area contributed by atoms with Crippen LogP contribution in [0.25, 0.3) is 0 Å².